The summed E-state index contributed by atoms with van der Waals surface area (Å²) in [6.07, 6.45) is 0. The first-order chi connectivity index (χ1) is 20.8. The fourth-order valence-corrected chi connectivity index (χ4v) is 8.14. The highest BCUT2D eigenvalue weighted by Gasteiger charge is 2.17. The highest BCUT2D eigenvalue weighted by Crippen LogP contribution is 2.43. The molecule has 0 fully saturated rings. The Balaban J connectivity index is 1.19. The van der Waals surface area contributed by atoms with Gasteiger partial charge in [0.25, 0.3) is 0 Å². The van der Waals surface area contributed by atoms with Crippen molar-refractivity contribution in [2.75, 3.05) is 4.90 Å². The lowest BCUT2D eigenvalue weighted by molar-refractivity contribution is 0.620. The molecule has 0 N–H and O–H groups in total. The fourth-order valence-electron chi connectivity index (χ4n) is 5.91. The number of benzene rings is 6. The zero-order valence-electron chi connectivity index (χ0n) is 22.3. The summed E-state index contributed by atoms with van der Waals surface area (Å²) in [5, 5.41) is 5.04. The van der Waals surface area contributed by atoms with Gasteiger partial charge in [-0.05, 0) is 66.7 Å². The maximum Gasteiger partial charge on any atom is 0.227 e. The first kappa shape index (κ1) is 23.7. The zero-order valence-corrected chi connectivity index (χ0v) is 24.0. The predicted molar refractivity (Wildman–Crippen MR) is 180 cm³/mol. The molecule has 198 valence electrons. The second-order valence-electron chi connectivity index (χ2n) is 10.4. The van der Waals surface area contributed by atoms with Gasteiger partial charge in [-0.1, -0.05) is 60.7 Å². The summed E-state index contributed by atoms with van der Waals surface area (Å²) in [6.45, 7) is 0. The van der Waals surface area contributed by atoms with Gasteiger partial charge in [0, 0.05) is 69.0 Å². The Hall–Kier alpha value is -4.97. The molecule has 3 heterocycles. The van der Waals surface area contributed by atoms with Crippen LogP contribution in [-0.2, 0) is 0 Å². The monoisotopic (exact) mass is 574 g/mol. The molecule has 0 aliphatic carbocycles. The van der Waals surface area contributed by atoms with Crippen molar-refractivity contribution in [1.82, 2.24) is 4.98 Å². The Kier molecular flexibility index (Phi) is 5.24. The van der Waals surface area contributed by atoms with E-state index in [1.807, 2.05) is 41.7 Å². The third kappa shape index (κ3) is 3.75. The first-order valence-electron chi connectivity index (χ1n) is 13.9. The van der Waals surface area contributed by atoms with Gasteiger partial charge in [-0.25, -0.2) is 4.98 Å². The number of aromatic nitrogens is 1. The second-order valence-corrected chi connectivity index (χ2v) is 12.6. The molecule has 3 nitrogen and oxygen atoms in total. The van der Waals surface area contributed by atoms with Gasteiger partial charge in [0.1, 0.15) is 5.52 Å². The van der Waals surface area contributed by atoms with Crippen molar-refractivity contribution in [3.63, 3.8) is 0 Å². The van der Waals surface area contributed by atoms with Gasteiger partial charge in [-0.2, -0.15) is 0 Å². The summed E-state index contributed by atoms with van der Waals surface area (Å²) < 4.78 is 11.2. The number of hydrogen-bond acceptors (Lipinski definition) is 5. The van der Waals surface area contributed by atoms with Crippen LogP contribution in [0.2, 0.25) is 0 Å². The number of fused-ring (bicyclic) bond motifs is 7. The van der Waals surface area contributed by atoms with E-state index in [1.54, 1.807) is 11.3 Å². The van der Waals surface area contributed by atoms with E-state index in [0.717, 1.165) is 33.7 Å². The van der Waals surface area contributed by atoms with Crippen LogP contribution in [0.25, 0.3) is 62.9 Å². The maximum atomic E-state index is 6.18. The molecular formula is C37H22N2OS2. The van der Waals surface area contributed by atoms with Gasteiger partial charge in [-0.3, -0.25) is 0 Å². The van der Waals surface area contributed by atoms with E-state index in [1.165, 1.54) is 40.3 Å². The number of para-hydroxylation sites is 1. The maximum absolute atomic E-state index is 6.18. The Morgan fingerprint density at radius 3 is 2.00 bits per heavy atom. The van der Waals surface area contributed by atoms with Gasteiger partial charge < -0.3 is 9.32 Å². The van der Waals surface area contributed by atoms with Crippen LogP contribution in [0.3, 0.4) is 0 Å². The highest BCUT2D eigenvalue weighted by atomic mass is 32.1. The molecule has 0 unspecified atom stereocenters. The highest BCUT2D eigenvalue weighted by molar-refractivity contribution is 7.26. The molecule has 0 amide bonds. The smallest absolute Gasteiger partial charge is 0.227 e. The minimum Gasteiger partial charge on any atom is -0.436 e. The normalized spacial score (nSPS) is 11.8. The molecule has 9 rings (SSSR count). The van der Waals surface area contributed by atoms with Crippen molar-refractivity contribution in [3.8, 4) is 11.5 Å². The Bertz CT molecular complexity index is 2420. The topological polar surface area (TPSA) is 29.3 Å². The van der Waals surface area contributed by atoms with E-state index >= 15 is 0 Å². The first-order valence-corrected chi connectivity index (χ1v) is 15.5. The number of rotatable bonds is 4. The molecule has 5 heteroatoms. The van der Waals surface area contributed by atoms with Crippen molar-refractivity contribution in [2.45, 2.75) is 0 Å². The zero-order chi connectivity index (χ0) is 27.6. The van der Waals surface area contributed by atoms with Crippen LogP contribution >= 0.6 is 22.7 Å². The minimum atomic E-state index is 0.656. The number of anilines is 3. The summed E-state index contributed by atoms with van der Waals surface area (Å²) in [5.41, 5.74) is 6.09. The van der Waals surface area contributed by atoms with E-state index < -0.39 is 0 Å². The average Bonchev–Trinajstić information content (AvgIpc) is 3.73. The second kappa shape index (κ2) is 9.28. The lowest BCUT2D eigenvalue weighted by Gasteiger charge is -2.25. The van der Waals surface area contributed by atoms with Crippen LogP contribution in [0.5, 0.6) is 0 Å². The molecule has 42 heavy (non-hydrogen) atoms. The molecule has 9 aromatic rings. The fraction of sp³-hybridized carbons (Fsp3) is 0. The molecule has 0 bridgehead atoms. The van der Waals surface area contributed by atoms with Gasteiger partial charge in [0.05, 0.1) is 0 Å². The SMILES string of the molecule is c1ccc(-c2nc3cc4c(cc3o2)sc2cc(N(c3ccccc3)c3ccc5sc6ccccc6c5c3)ccc24)cc1. The minimum absolute atomic E-state index is 0.656. The quantitative estimate of drug-likeness (QED) is 0.209. The third-order valence-electron chi connectivity index (χ3n) is 7.88. The van der Waals surface area contributed by atoms with E-state index in [-0.39, 0.29) is 0 Å². The predicted octanol–water partition coefficient (Wildman–Crippen LogP) is 11.7. The Morgan fingerprint density at radius 2 is 1.12 bits per heavy atom. The van der Waals surface area contributed by atoms with E-state index in [4.69, 9.17) is 9.40 Å². The number of oxazole rings is 1. The van der Waals surface area contributed by atoms with E-state index in [9.17, 15) is 0 Å². The number of nitrogens with zero attached hydrogens (tertiary/aromatic N) is 2. The molecule has 0 saturated carbocycles. The largest absolute Gasteiger partial charge is 0.436 e. The number of hydrogen-bond donors (Lipinski definition) is 0. The van der Waals surface area contributed by atoms with Crippen LogP contribution in [0.4, 0.5) is 17.1 Å². The number of thiophene rings is 2. The van der Waals surface area contributed by atoms with E-state index in [0.29, 0.717) is 5.89 Å². The molecule has 6 aromatic carbocycles. The molecular weight excluding hydrogens is 553 g/mol. The third-order valence-corrected chi connectivity index (χ3v) is 10.1. The van der Waals surface area contributed by atoms with Crippen molar-refractivity contribution in [3.05, 3.63) is 133 Å². The van der Waals surface area contributed by atoms with Gasteiger partial charge in [0.15, 0.2) is 5.58 Å². The Labute approximate surface area is 249 Å². The molecule has 0 aliphatic heterocycles. The van der Waals surface area contributed by atoms with Crippen molar-refractivity contribution < 1.29 is 4.42 Å². The van der Waals surface area contributed by atoms with Crippen molar-refractivity contribution >= 4 is 91.2 Å². The van der Waals surface area contributed by atoms with Crippen molar-refractivity contribution in [2.24, 2.45) is 0 Å². The molecule has 0 radical (unpaired) electrons. The summed E-state index contributed by atoms with van der Waals surface area (Å²) >= 11 is 3.65. The lowest BCUT2D eigenvalue weighted by atomic mass is 10.1. The van der Waals surface area contributed by atoms with Gasteiger partial charge in [0.2, 0.25) is 5.89 Å². The molecule has 0 saturated heterocycles. The van der Waals surface area contributed by atoms with Crippen molar-refractivity contribution in [1.29, 1.82) is 0 Å². The average molecular weight is 575 g/mol. The Morgan fingerprint density at radius 1 is 0.476 bits per heavy atom. The standard InChI is InChI=1S/C37H22N2OS2/c1-3-9-23(10-4-1)37-38-31-21-30-28-17-15-26(20-35(28)42-36(30)22-32(31)40-37)39(24-11-5-2-6-12-24)25-16-18-34-29(19-25)27-13-7-8-14-33(27)41-34/h1-22H. The lowest BCUT2D eigenvalue weighted by Crippen LogP contribution is -2.09. The molecule has 0 spiro atoms. The van der Waals surface area contributed by atoms with Crippen LogP contribution in [0.15, 0.2) is 138 Å². The van der Waals surface area contributed by atoms with Crippen LogP contribution in [-0.4, -0.2) is 4.98 Å². The molecule has 0 atom stereocenters. The molecule has 3 aromatic heterocycles. The van der Waals surface area contributed by atoms with Gasteiger partial charge >= 0.3 is 0 Å². The summed E-state index contributed by atoms with van der Waals surface area (Å²) in [6, 6.07) is 47.3. The summed E-state index contributed by atoms with van der Waals surface area (Å²) in [7, 11) is 0. The summed E-state index contributed by atoms with van der Waals surface area (Å²) in [5.74, 6) is 0.656. The van der Waals surface area contributed by atoms with E-state index in [2.05, 4.69) is 108 Å². The van der Waals surface area contributed by atoms with Gasteiger partial charge in [-0.15, -0.1) is 22.7 Å². The molecule has 0 aliphatic rings. The van der Waals surface area contributed by atoms with Crippen LogP contribution < -0.4 is 4.90 Å². The van der Waals surface area contributed by atoms with Crippen LogP contribution in [0.1, 0.15) is 0 Å². The summed E-state index contributed by atoms with van der Waals surface area (Å²) in [4.78, 5) is 7.17. The van der Waals surface area contributed by atoms with Crippen LogP contribution in [0, 0.1) is 0 Å².